The molecule has 0 saturated heterocycles. The first-order chi connectivity index (χ1) is 8.49. The molecule has 0 aliphatic carbocycles. The number of nitro groups is 1. The van der Waals surface area contributed by atoms with Crippen molar-refractivity contribution in [2.24, 2.45) is 16.8 Å². The molecule has 6 nitrogen and oxygen atoms in total. The van der Waals surface area contributed by atoms with Gasteiger partial charge in [0.1, 0.15) is 12.4 Å². The lowest BCUT2D eigenvalue weighted by molar-refractivity contribution is -0.384. The number of nitrogens with zero attached hydrogens (tertiary/aromatic N) is 2. The van der Waals surface area contributed by atoms with E-state index in [-0.39, 0.29) is 12.3 Å². The molecule has 1 rings (SSSR count). The Morgan fingerprint density at radius 1 is 1.56 bits per heavy atom. The van der Waals surface area contributed by atoms with E-state index in [2.05, 4.69) is 5.16 Å². The molecule has 0 fully saturated rings. The van der Waals surface area contributed by atoms with E-state index in [0.717, 1.165) is 0 Å². The van der Waals surface area contributed by atoms with Gasteiger partial charge < -0.3 is 10.6 Å². The highest BCUT2D eigenvalue weighted by molar-refractivity contribution is 5.79. The largest absolute Gasteiger partial charge is 0.390 e. The summed E-state index contributed by atoms with van der Waals surface area (Å²) < 4.78 is 0. The van der Waals surface area contributed by atoms with Gasteiger partial charge in [-0.25, -0.2) is 0 Å². The van der Waals surface area contributed by atoms with Gasteiger partial charge in [-0.05, 0) is 11.5 Å². The highest BCUT2D eigenvalue weighted by Gasteiger charge is 2.05. The average molecular weight is 251 g/mol. The van der Waals surface area contributed by atoms with Crippen LogP contribution < -0.4 is 5.73 Å². The molecular weight excluding hydrogens is 234 g/mol. The molecule has 0 spiro atoms. The molecule has 1 aromatic rings. The van der Waals surface area contributed by atoms with Gasteiger partial charge in [0.25, 0.3) is 5.69 Å². The minimum absolute atomic E-state index is 0.0373. The maximum atomic E-state index is 10.6. The van der Waals surface area contributed by atoms with Crippen LogP contribution in [0.25, 0.3) is 0 Å². The fourth-order valence-corrected chi connectivity index (χ4v) is 1.41. The van der Waals surface area contributed by atoms with Crippen LogP contribution in [0.15, 0.2) is 29.4 Å². The van der Waals surface area contributed by atoms with Gasteiger partial charge >= 0.3 is 0 Å². The molecule has 0 amide bonds. The third-order valence-corrected chi connectivity index (χ3v) is 2.15. The molecule has 0 bridgehead atoms. The molecule has 0 aliphatic rings. The highest BCUT2D eigenvalue weighted by atomic mass is 16.6. The van der Waals surface area contributed by atoms with E-state index in [1.165, 1.54) is 12.1 Å². The first-order valence-corrected chi connectivity index (χ1v) is 5.66. The van der Waals surface area contributed by atoms with Crippen molar-refractivity contribution < 1.29 is 9.76 Å². The summed E-state index contributed by atoms with van der Waals surface area (Å²) in [6.45, 7) is 4.23. The molecule has 98 valence electrons. The Labute approximate surface area is 106 Å². The Bertz CT molecular complexity index is 444. The van der Waals surface area contributed by atoms with Crippen molar-refractivity contribution in [3.63, 3.8) is 0 Å². The van der Waals surface area contributed by atoms with Crippen LogP contribution in [0.3, 0.4) is 0 Å². The van der Waals surface area contributed by atoms with Crippen molar-refractivity contribution in [2.75, 3.05) is 0 Å². The fraction of sp³-hybridized carbons (Fsp3) is 0.417. The van der Waals surface area contributed by atoms with Gasteiger partial charge in [0.05, 0.1) is 4.92 Å². The van der Waals surface area contributed by atoms with E-state index in [9.17, 15) is 10.1 Å². The topological polar surface area (TPSA) is 90.8 Å². The summed E-state index contributed by atoms with van der Waals surface area (Å²) in [5.41, 5.74) is 6.36. The van der Waals surface area contributed by atoms with Crippen LogP contribution >= 0.6 is 0 Å². The summed E-state index contributed by atoms with van der Waals surface area (Å²) in [6, 6.07) is 6.23. The number of nitro benzene ring substituents is 1. The number of rotatable bonds is 6. The van der Waals surface area contributed by atoms with Crippen molar-refractivity contribution in [1.29, 1.82) is 0 Å². The van der Waals surface area contributed by atoms with Crippen LogP contribution in [0.1, 0.15) is 25.8 Å². The summed E-state index contributed by atoms with van der Waals surface area (Å²) in [4.78, 5) is 15.2. The lowest BCUT2D eigenvalue weighted by Gasteiger charge is -2.04. The van der Waals surface area contributed by atoms with Gasteiger partial charge in [-0.3, -0.25) is 10.1 Å². The molecule has 0 atom stereocenters. The second-order valence-corrected chi connectivity index (χ2v) is 4.38. The first kappa shape index (κ1) is 14.0. The summed E-state index contributed by atoms with van der Waals surface area (Å²) in [5.74, 6) is 0.839. The number of amidine groups is 1. The lowest BCUT2D eigenvalue weighted by atomic mass is 10.1. The smallest absolute Gasteiger partial charge is 0.269 e. The first-order valence-electron chi connectivity index (χ1n) is 5.66. The summed E-state index contributed by atoms with van der Waals surface area (Å²) in [5, 5.41) is 14.3. The Hall–Kier alpha value is -2.11. The molecule has 6 heteroatoms. The van der Waals surface area contributed by atoms with E-state index in [1.807, 2.05) is 13.8 Å². The predicted octanol–water partition coefficient (Wildman–Crippen LogP) is 2.43. The third kappa shape index (κ3) is 4.82. The van der Waals surface area contributed by atoms with E-state index >= 15 is 0 Å². The monoisotopic (exact) mass is 251 g/mol. The van der Waals surface area contributed by atoms with E-state index in [1.54, 1.807) is 12.1 Å². The third-order valence-electron chi connectivity index (χ3n) is 2.15. The van der Waals surface area contributed by atoms with Gasteiger partial charge in [0, 0.05) is 18.6 Å². The van der Waals surface area contributed by atoms with Crippen molar-refractivity contribution in [3.05, 3.63) is 39.9 Å². The number of hydrogen-bond acceptors (Lipinski definition) is 4. The predicted molar refractivity (Wildman–Crippen MR) is 69.0 cm³/mol. The van der Waals surface area contributed by atoms with Crippen LogP contribution in [0.4, 0.5) is 5.69 Å². The molecular formula is C12H17N3O3. The van der Waals surface area contributed by atoms with Gasteiger partial charge in [-0.1, -0.05) is 31.1 Å². The zero-order valence-electron chi connectivity index (χ0n) is 10.5. The van der Waals surface area contributed by atoms with Crippen molar-refractivity contribution >= 4 is 11.5 Å². The molecule has 0 unspecified atom stereocenters. The normalized spacial score (nSPS) is 11.6. The number of benzene rings is 1. The Morgan fingerprint density at radius 3 is 2.89 bits per heavy atom. The van der Waals surface area contributed by atoms with Gasteiger partial charge in [-0.15, -0.1) is 0 Å². The van der Waals surface area contributed by atoms with Gasteiger partial charge in [0.15, 0.2) is 0 Å². The minimum Gasteiger partial charge on any atom is -0.390 e. The van der Waals surface area contributed by atoms with Crippen LogP contribution in [0, 0.1) is 16.0 Å². The van der Waals surface area contributed by atoms with Crippen LogP contribution in [0.5, 0.6) is 0 Å². The Morgan fingerprint density at radius 2 is 2.28 bits per heavy atom. The zero-order valence-corrected chi connectivity index (χ0v) is 10.5. The van der Waals surface area contributed by atoms with Crippen molar-refractivity contribution in [2.45, 2.75) is 26.9 Å². The molecule has 2 N–H and O–H groups in total. The lowest BCUT2D eigenvalue weighted by Crippen LogP contribution is -2.14. The molecule has 0 aromatic heterocycles. The Kier molecular flexibility index (Phi) is 5.10. The van der Waals surface area contributed by atoms with Crippen LogP contribution in [0.2, 0.25) is 0 Å². The Balaban J connectivity index is 2.53. The number of oxime groups is 1. The van der Waals surface area contributed by atoms with Crippen molar-refractivity contribution in [1.82, 2.24) is 0 Å². The summed E-state index contributed by atoms with van der Waals surface area (Å²) >= 11 is 0. The fourth-order valence-electron chi connectivity index (χ4n) is 1.41. The average Bonchev–Trinajstić information content (AvgIpc) is 2.28. The van der Waals surface area contributed by atoms with E-state index in [0.29, 0.717) is 23.7 Å². The maximum absolute atomic E-state index is 10.6. The van der Waals surface area contributed by atoms with Gasteiger partial charge in [0.2, 0.25) is 0 Å². The SMILES string of the molecule is CC(C)CC(N)=NOCc1cccc([N+](=O)[O-])c1. The minimum atomic E-state index is -0.445. The number of hydrogen-bond donors (Lipinski definition) is 1. The van der Waals surface area contributed by atoms with Crippen molar-refractivity contribution in [3.8, 4) is 0 Å². The maximum Gasteiger partial charge on any atom is 0.269 e. The van der Waals surface area contributed by atoms with E-state index < -0.39 is 4.92 Å². The molecule has 0 aliphatic heterocycles. The zero-order chi connectivity index (χ0) is 13.5. The second-order valence-electron chi connectivity index (χ2n) is 4.38. The molecule has 1 aromatic carbocycles. The standard InChI is InChI=1S/C12H17N3O3/c1-9(2)6-12(13)14-18-8-10-4-3-5-11(7-10)15(16)17/h3-5,7,9H,6,8H2,1-2H3,(H2,13,14). The summed E-state index contributed by atoms with van der Waals surface area (Å²) in [6.07, 6.45) is 0.662. The molecule has 0 saturated carbocycles. The van der Waals surface area contributed by atoms with Crippen LogP contribution in [-0.4, -0.2) is 10.8 Å². The summed E-state index contributed by atoms with van der Waals surface area (Å²) in [7, 11) is 0. The molecule has 0 radical (unpaired) electrons. The van der Waals surface area contributed by atoms with Gasteiger partial charge in [-0.2, -0.15) is 0 Å². The quantitative estimate of drug-likeness (QED) is 0.364. The number of non-ortho nitro benzene ring substituents is 1. The van der Waals surface area contributed by atoms with E-state index in [4.69, 9.17) is 10.6 Å². The number of nitrogens with two attached hydrogens (primary N) is 1. The second kappa shape index (κ2) is 6.58. The molecule has 0 heterocycles. The highest BCUT2D eigenvalue weighted by Crippen LogP contribution is 2.13. The molecule has 18 heavy (non-hydrogen) atoms. The van der Waals surface area contributed by atoms with Crippen LogP contribution in [-0.2, 0) is 11.4 Å².